The van der Waals surface area contributed by atoms with Gasteiger partial charge in [0.2, 0.25) is 0 Å². The number of halogens is 1. The minimum absolute atomic E-state index is 0.399. The van der Waals surface area contributed by atoms with Crippen LogP contribution in [0.4, 0.5) is 5.69 Å². The van der Waals surface area contributed by atoms with Gasteiger partial charge < -0.3 is 15.0 Å². The van der Waals surface area contributed by atoms with Gasteiger partial charge >= 0.3 is 0 Å². The first kappa shape index (κ1) is 15.3. The molecule has 2 fully saturated rings. The van der Waals surface area contributed by atoms with E-state index in [2.05, 4.69) is 58.2 Å². The van der Waals surface area contributed by atoms with Gasteiger partial charge in [-0.15, -0.1) is 0 Å². The Morgan fingerprint density at radius 3 is 2.67 bits per heavy atom. The largest absolute Gasteiger partial charge is 0.371 e. The molecule has 0 amide bonds. The van der Waals surface area contributed by atoms with Crippen LogP contribution in [0.25, 0.3) is 0 Å². The summed E-state index contributed by atoms with van der Waals surface area (Å²) in [5, 5.41) is 3.54. The average molecular weight is 353 g/mol. The molecule has 3 rings (SSSR count). The molecule has 3 nitrogen and oxygen atoms in total. The van der Waals surface area contributed by atoms with E-state index in [-0.39, 0.29) is 0 Å². The molecule has 1 aromatic rings. The fourth-order valence-electron chi connectivity index (χ4n) is 3.34. The van der Waals surface area contributed by atoms with E-state index in [1.165, 1.54) is 35.0 Å². The molecule has 2 saturated heterocycles. The van der Waals surface area contributed by atoms with Crippen molar-refractivity contribution in [1.82, 2.24) is 5.32 Å². The Balaban J connectivity index is 1.72. The van der Waals surface area contributed by atoms with Crippen LogP contribution in [0.3, 0.4) is 0 Å². The zero-order valence-electron chi connectivity index (χ0n) is 12.9. The lowest BCUT2D eigenvalue weighted by Gasteiger charge is -2.34. The monoisotopic (exact) mass is 352 g/mol. The number of anilines is 1. The molecule has 0 radical (unpaired) electrons. The number of benzene rings is 1. The van der Waals surface area contributed by atoms with Crippen LogP contribution in [0.15, 0.2) is 22.7 Å². The first-order valence-electron chi connectivity index (χ1n) is 8.10. The normalized spacial score (nSPS) is 26.1. The molecule has 116 valence electrons. The van der Waals surface area contributed by atoms with Crippen molar-refractivity contribution in [3.8, 4) is 0 Å². The minimum atomic E-state index is 0.399. The summed E-state index contributed by atoms with van der Waals surface area (Å²) in [6.45, 7) is 7.54. The van der Waals surface area contributed by atoms with Crippen molar-refractivity contribution in [2.45, 2.75) is 51.4 Å². The fourth-order valence-corrected chi connectivity index (χ4v) is 3.99. The second kappa shape index (κ2) is 6.67. The fraction of sp³-hybridized carbons (Fsp3) is 0.647. The van der Waals surface area contributed by atoms with Gasteiger partial charge in [0.05, 0.1) is 17.9 Å². The Labute approximate surface area is 136 Å². The molecule has 0 aromatic heterocycles. The predicted molar refractivity (Wildman–Crippen MR) is 91.0 cm³/mol. The molecule has 2 aliphatic rings. The molecule has 1 N–H and O–H groups in total. The molecule has 1 aromatic carbocycles. The summed E-state index contributed by atoms with van der Waals surface area (Å²) in [4.78, 5) is 2.48. The molecule has 2 aliphatic heterocycles. The van der Waals surface area contributed by atoms with Crippen LogP contribution in [-0.4, -0.2) is 31.8 Å². The summed E-state index contributed by atoms with van der Waals surface area (Å²) < 4.78 is 7.13. The Hall–Kier alpha value is -0.580. The number of ether oxygens (including phenoxy) is 1. The molecule has 3 unspecified atom stereocenters. The standard InChI is InChI=1S/C17H25BrN2O/c1-3-8-19-12(2)13-4-7-17(16(18)9-13)20-10-14-5-6-15(11-20)21-14/h4,7,9,12,14-15,19H,3,5-6,8,10-11H2,1-2H3. The molecule has 3 atom stereocenters. The van der Waals surface area contributed by atoms with Gasteiger partial charge in [0.15, 0.2) is 0 Å². The average Bonchev–Trinajstić information content (AvgIpc) is 2.83. The number of fused-ring (bicyclic) bond motifs is 2. The van der Waals surface area contributed by atoms with E-state index in [9.17, 15) is 0 Å². The first-order chi connectivity index (χ1) is 10.2. The molecular formula is C17H25BrN2O. The summed E-state index contributed by atoms with van der Waals surface area (Å²) in [5.74, 6) is 0. The Morgan fingerprint density at radius 2 is 2.05 bits per heavy atom. The highest BCUT2D eigenvalue weighted by molar-refractivity contribution is 9.10. The van der Waals surface area contributed by atoms with Gasteiger partial charge in [0.25, 0.3) is 0 Å². The Kier molecular flexibility index (Phi) is 4.87. The first-order valence-corrected chi connectivity index (χ1v) is 8.90. The maximum Gasteiger partial charge on any atom is 0.0755 e. The predicted octanol–water partition coefficient (Wildman–Crippen LogP) is 3.88. The highest BCUT2D eigenvalue weighted by Gasteiger charge is 2.34. The lowest BCUT2D eigenvalue weighted by atomic mass is 10.1. The van der Waals surface area contributed by atoms with Gasteiger partial charge in [0, 0.05) is 23.6 Å². The maximum atomic E-state index is 5.93. The summed E-state index contributed by atoms with van der Waals surface area (Å²) in [6.07, 6.45) is 4.46. The SMILES string of the molecule is CCCNC(C)c1ccc(N2CC3CCC(C2)O3)c(Br)c1. The minimum Gasteiger partial charge on any atom is -0.371 e. The van der Waals surface area contributed by atoms with Crippen LogP contribution < -0.4 is 10.2 Å². The quantitative estimate of drug-likeness (QED) is 0.870. The van der Waals surface area contributed by atoms with E-state index in [4.69, 9.17) is 4.74 Å². The van der Waals surface area contributed by atoms with Gasteiger partial charge in [-0.3, -0.25) is 0 Å². The third-order valence-electron chi connectivity index (χ3n) is 4.56. The van der Waals surface area contributed by atoms with E-state index in [1.54, 1.807) is 0 Å². The van der Waals surface area contributed by atoms with Crippen molar-refractivity contribution in [2.24, 2.45) is 0 Å². The second-order valence-electron chi connectivity index (χ2n) is 6.25. The Bertz CT molecular complexity index is 482. The van der Waals surface area contributed by atoms with Crippen molar-refractivity contribution in [3.05, 3.63) is 28.2 Å². The zero-order chi connectivity index (χ0) is 14.8. The summed E-state index contributed by atoms with van der Waals surface area (Å²) >= 11 is 3.77. The van der Waals surface area contributed by atoms with E-state index >= 15 is 0 Å². The molecular weight excluding hydrogens is 328 g/mol. The summed E-state index contributed by atoms with van der Waals surface area (Å²) in [6, 6.07) is 7.18. The lowest BCUT2D eigenvalue weighted by Crippen LogP contribution is -2.42. The molecule has 0 saturated carbocycles. The Morgan fingerprint density at radius 1 is 1.33 bits per heavy atom. The topological polar surface area (TPSA) is 24.5 Å². The molecule has 2 bridgehead atoms. The number of nitrogens with one attached hydrogen (secondary N) is 1. The van der Waals surface area contributed by atoms with Crippen LogP contribution in [0, 0.1) is 0 Å². The maximum absolute atomic E-state index is 5.93. The second-order valence-corrected chi connectivity index (χ2v) is 7.10. The van der Waals surface area contributed by atoms with E-state index < -0.39 is 0 Å². The van der Waals surface area contributed by atoms with Crippen molar-refractivity contribution >= 4 is 21.6 Å². The van der Waals surface area contributed by atoms with Crippen molar-refractivity contribution in [3.63, 3.8) is 0 Å². The number of morpholine rings is 1. The van der Waals surface area contributed by atoms with Crippen LogP contribution in [0.1, 0.15) is 44.7 Å². The number of nitrogens with zero attached hydrogens (tertiary/aromatic N) is 1. The number of rotatable bonds is 5. The third kappa shape index (κ3) is 3.43. The number of hydrogen-bond acceptors (Lipinski definition) is 3. The summed E-state index contributed by atoms with van der Waals surface area (Å²) in [5.41, 5.74) is 2.65. The van der Waals surface area contributed by atoms with E-state index in [1.807, 2.05) is 0 Å². The molecule has 0 spiro atoms. The van der Waals surface area contributed by atoms with Gasteiger partial charge in [-0.2, -0.15) is 0 Å². The molecule has 21 heavy (non-hydrogen) atoms. The van der Waals surface area contributed by atoms with Gasteiger partial charge in [-0.25, -0.2) is 0 Å². The lowest BCUT2D eigenvalue weighted by molar-refractivity contribution is 0.0304. The summed E-state index contributed by atoms with van der Waals surface area (Å²) in [7, 11) is 0. The van der Waals surface area contributed by atoms with Crippen molar-refractivity contribution < 1.29 is 4.74 Å². The highest BCUT2D eigenvalue weighted by Crippen LogP contribution is 2.34. The third-order valence-corrected chi connectivity index (χ3v) is 5.19. The van der Waals surface area contributed by atoms with Crippen LogP contribution in [-0.2, 0) is 4.74 Å². The van der Waals surface area contributed by atoms with Crippen LogP contribution >= 0.6 is 15.9 Å². The van der Waals surface area contributed by atoms with Crippen LogP contribution in [0.5, 0.6) is 0 Å². The van der Waals surface area contributed by atoms with Gasteiger partial charge in [0.1, 0.15) is 0 Å². The highest BCUT2D eigenvalue weighted by atomic mass is 79.9. The van der Waals surface area contributed by atoms with Gasteiger partial charge in [-0.05, 0) is 66.4 Å². The number of hydrogen-bond donors (Lipinski definition) is 1. The van der Waals surface area contributed by atoms with Crippen molar-refractivity contribution in [2.75, 3.05) is 24.5 Å². The smallest absolute Gasteiger partial charge is 0.0755 e. The van der Waals surface area contributed by atoms with Crippen molar-refractivity contribution in [1.29, 1.82) is 0 Å². The van der Waals surface area contributed by atoms with Crippen LogP contribution in [0.2, 0.25) is 0 Å². The van der Waals surface area contributed by atoms with Gasteiger partial charge in [-0.1, -0.05) is 13.0 Å². The molecule has 2 heterocycles. The van der Waals surface area contributed by atoms with E-state index in [0.717, 1.165) is 19.6 Å². The van der Waals surface area contributed by atoms with E-state index in [0.29, 0.717) is 18.2 Å². The molecule has 0 aliphatic carbocycles. The molecule has 4 heteroatoms. The zero-order valence-corrected chi connectivity index (χ0v) is 14.5.